The van der Waals surface area contributed by atoms with Gasteiger partial charge < -0.3 is 5.32 Å². The van der Waals surface area contributed by atoms with Gasteiger partial charge in [-0.25, -0.2) is 9.97 Å². The van der Waals surface area contributed by atoms with Crippen molar-refractivity contribution in [3.63, 3.8) is 0 Å². The summed E-state index contributed by atoms with van der Waals surface area (Å²) in [7, 11) is 0. The summed E-state index contributed by atoms with van der Waals surface area (Å²) in [5.74, 6) is 1.79. The quantitative estimate of drug-likeness (QED) is 0.929. The molecule has 4 heteroatoms. The Hall–Kier alpha value is -1.42. The first-order valence-corrected chi connectivity index (χ1v) is 7.22. The lowest BCUT2D eigenvalue weighted by molar-refractivity contribution is 0.920. The molecule has 100 valence electrons. The fraction of sp³-hybridized carbons (Fsp3) is 0.333. The average molecular weight is 320 g/mol. The summed E-state index contributed by atoms with van der Waals surface area (Å²) in [6.45, 7) is 7.02. The molecule has 3 nitrogen and oxygen atoms in total. The Balaban J connectivity index is 2.33. The maximum absolute atomic E-state index is 4.62. The zero-order valence-corrected chi connectivity index (χ0v) is 13.1. The fourth-order valence-corrected chi connectivity index (χ4v) is 2.34. The van der Waals surface area contributed by atoms with E-state index < -0.39 is 0 Å². The minimum atomic E-state index is 0.737. The first-order valence-electron chi connectivity index (χ1n) is 6.43. The van der Waals surface area contributed by atoms with Crippen molar-refractivity contribution in [2.75, 3.05) is 11.9 Å². The Morgan fingerprint density at radius 3 is 2.58 bits per heavy atom. The lowest BCUT2D eigenvalue weighted by Gasteiger charge is -2.11. The average Bonchev–Trinajstić information content (AvgIpc) is 2.38. The van der Waals surface area contributed by atoms with Crippen LogP contribution in [0.1, 0.15) is 29.6 Å². The molecule has 2 rings (SSSR count). The number of aryl methyl sites for hydroxylation is 1. The number of aromatic nitrogens is 2. The van der Waals surface area contributed by atoms with Gasteiger partial charge in [0.05, 0.1) is 0 Å². The van der Waals surface area contributed by atoms with Crippen molar-refractivity contribution in [3.8, 4) is 0 Å². The predicted molar refractivity (Wildman–Crippen MR) is 82.6 cm³/mol. The molecule has 0 aliphatic heterocycles. The molecule has 0 saturated carbocycles. The molecule has 0 amide bonds. The molecule has 0 aliphatic rings. The second-order valence-corrected chi connectivity index (χ2v) is 5.35. The summed E-state index contributed by atoms with van der Waals surface area (Å²) in [6.07, 6.45) is 0.737. The van der Waals surface area contributed by atoms with E-state index in [4.69, 9.17) is 0 Å². The van der Waals surface area contributed by atoms with E-state index in [-0.39, 0.29) is 0 Å². The SMILES string of the molecule is CCNc1nc(Cc2ccccc2Br)nc(C)c1C. The van der Waals surface area contributed by atoms with Gasteiger partial charge in [0.15, 0.2) is 0 Å². The molecule has 1 heterocycles. The van der Waals surface area contributed by atoms with Gasteiger partial charge in [0.2, 0.25) is 0 Å². The molecular weight excluding hydrogens is 302 g/mol. The molecule has 0 unspecified atom stereocenters. The van der Waals surface area contributed by atoms with Gasteiger partial charge in [-0.3, -0.25) is 0 Å². The molecule has 0 fully saturated rings. The third-order valence-electron chi connectivity index (χ3n) is 3.09. The first-order chi connectivity index (χ1) is 9.11. The molecular formula is C15H18BrN3. The van der Waals surface area contributed by atoms with E-state index in [1.54, 1.807) is 0 Å². The Kier molecular flexibility index (Phi) is 4.53. The van der Waals surface area contributed by atoms with Crippen molar-refractivity contribution in [1.29, 1.82) is 0 Å². The van der Waals surface area contributed by atoms with Gasteiger partial charge in [-0.15, -0.1) is 0 Å². The standard InChI is InChI=1S/C15H18BrN3/c1-4-17-15-10(2)11(3)18-14(19-15)9-12-7-5-6-8-13(12)16/h5-8H,4,9H2,1-3H3,(H,17,18,19). The summed E-state index contributed by atoms with van der Waals surface area (Å²) in [4.78, 5) is 9.20. The minimum absolute atomic E-state index is 0.737. The van der Waals surface area contributed by atoms with Crippen LogP contribution in [0.4, 0.5) is 5.82 Å². The predicted octanol–water partition coefficient (Wildman–Crippen LogP) is 3.88. The van der Waals surface area contributed by atoms with E-state index in [2.05, 4.69) is 51.1 Å². The van der Waals surface area contributed by atoms with Crippen molar-refractivity contribution in [3.05, 3.63) is 51.4 Å². The molecule has 0 aliphatic carbocycles. The Bertz CT molecular complexity index is 582. The summed E-state index contributed by atoms with van der Waals surface area (Å²) in [6, 6.07) is 8.18. The van der Waals surface area contributed by atoms with Crippen LogP contribution in [0, 0.1) is 13.8 Å². The number of hydrogen-bond acceptors (Lipinski definition) is 3. The number of anilines is 1. The summed E-state index contributed by atoms with van der Waals surface area (Å²) < 4.78 is 1.10. The van der Waals surface area contributed by atoms with E-state index in [1.807, 2.05) is 25.1 Å². The van der Waals surface area contributed by atoms with Crippen LogP contribution < -0.4 is 5.32 Å². The highest BCUT2D eigenvalue weighted by atomic mass is 79.9. The van der Waals surface area contributed by atoms with E-state index in [0.29, 0.717) is 0 Å². The van der Waals surface area contributed by atoms with Crippen LogP contribution in [-0.2, 0) is 6.42 Å². The topological polar surface area (TPSA) is 37.8 Å². The third kappa shape index (κ3) is 3.32. The van der Waals surface area contributed by atoms with E-state index >= 15 is 0 Å². The highest BCUT2D eigenvalue weighted by molar-refractivity contribution is 9.10. The molecule has 1 N–H and O–H groups in total. The van der Waals surface area contributed by atoms with Gasteiger partial charge in [-0.05, 0) is 32.4 Å². The monoisotopic (exact) mass is 319 g/mol. The van der Waals surface area contributed by atoms with Crippen LogP contribution in [0.25, 0.3) is 0 Å². The smallest absolute Gasteiger partial charge is 0.135 e. The van der Waals surface area contributed by atoms with Crippen LogP contribution in [0.5, 0.6) is 0 Å². The lowest BCUT2D eigenvalue weighted by atomic mass is 10.1. The molecule has 1 aromatic carbocycles. The van der Waals surface area contributed by atoms with Crippen molar-refractivity contribution >= 4 is 21.7 Å². The van der Waals surface area contributed by atoms with Crippen LogP contribution >= 0.6 is 15.9 Å². The molecule has 0 spiro atoms. The zero-order valence-electron chi connectivity index (χ0n) is 11.5. The van der Waals surface area contributed by atoms with Gasteiger partial charge in [0, 0.05) is 28.7 Å². The molecule has 0 atom stereocenters. The van der Waals surface area contributed by atoms with E-state index in [9.17, 15) is 0 Å². The van der Waals surface area contributed by atoms with Gasteiger partial charge in [-0.2, -0.15) is 0 Å². The molecule has 19 heavy (non-hydrogen) atoms. The largest absolute Gasteiger partial charge is 0.370 e. The highest BCUT2D eigenvalue weighted by Gasteiger charge is 2.09. The summed E-state index contributed by atoms with van der Waals surface area (Å²) >= 11 is 3.56. The van der Waals surface area contributed by atoms with Crippen molar-refractivity contribution < 1.29 is 0 Å². The highest BCUT2D eigenvalue weighted by Crippen LogP contribution is 2.20. The van der Waals surface area contributed by atoms with Gasteiger partial charge in [0.25, 0.3) is 0 Å². The fourth-order valence-electron chi connectivity index (χ4n) is 1.92. The van der Waals surface area contributed by atoms with Crippen LogP contribution in [0.2, 0.25) is 0 Å². The van der Waals surface area contributed by atoms with Crippen molar-refractivity contribution in [2.24, 2.45) is 0 Å². The van der Waals surface area contributed by atoms with E-state index in [0.717, 1.165) is 40.3 Å². The van der Waals surface area contributed by atoms with Crippen LogP contribution in [-0.4, -0.2) is 16.5 Å². The lowest BCUT2D eigenvalue weighted by Crippen LogP contribution is -2.08. The number of halogens is 1. The maximum atomic E-state index is 4.62. The Labute approximate surface area is 122 Å². The maximum Gasteiger partial charge on any atom is 0.135 e. The number of nitrogens with zero attached hydrogens (tertiary/aromatic N) is 2. The molecule has 2 aromatic rings. The summed E-state index contributed by atoms with van der Waals surface area (Å²) in [5, 5.41) is 3.29. The number of benzene rings is 1. The normalized spacial score (nSPS) is 10.5. The van der Waals surface area contributed by atoms with Crippen molar-refractivity contribution in [2.45, 2.75) is 27.2 Å². The second-order valence-electron chi connectivity index (χ2n) is 4.50. The minimum Gasteiger partial charge on any atom is -0.370 e. The van der Waals surface area contributed by atoms with E-state index in [1.165, 1.54) is 5.56 Å². The molecule has 0 saturated heterocycles. The molecule has 0 radical (unpaired) electrons. The van der Waals surface area contributed by atoms with Crippen LogP contribution in [0.15, 0.2) is 28.7 Å². The van der Waals surface area contributed by atoms with Gasteiger partial charge in [-0.1, -0.05) is 34.1 Å². The third-order valence-corrected chi connectivity index (χ3v) is 3.86. The van der Waals surface area contributed by atoms with Gasteiger partial charge >= 0.3 is 0 Å². The number of rotatable bonds is 4. The molecule has 1 aromatic heterocycles. The van der Waals surface area contributed by atoms with Crippen LogP contribution in [0.3, 0.4) is 0 Å². The van der Waals surface area contributed by atoms with Gasteiger partial charge in [0.1, 0.15) is 11.6 Å². The first kappa shape index (κ1) is 14.0. The Morgan fingerprint density at radius 2 is 1.89 bits per heavy atom. The molecule has 0 bridgehead atoms. The Morgan fingerprint density at radius 1 is 1.16 bits per heavy atom. The summed E-state index contributed by atoms with van der Waals surface area (Å²) in [5.41, 5.74) is 3.36. The second kappa shape index (κ2) is 6.15. The zero-order chi connectivity index (χ0) is 13.8. The van der Waals surface area contributed by atoms with Crippen molar-refractivity contribution in [1.82, 2.24) is 9.97 Å². The number of hydrogen-bond donors (Lipinski definition) is 1. The number of nitrogens with one attached hydrogen (secondary N) is 1.